The molecule has 28 heavy (non-hydrogen) atoms. The lowest BCUT2D eigenvalue weighted by atomic mass is 9.95. The highest BCUT2D eigenvalue weighted by Crippen LogP contribution is 2.47. The molecule has 0 atom stereocenters. The van der Waals surface area contributed by atoms with Crippen LogP contribution < -0.4 is 0 Å². The second-order valence-corrected chi connectivity index (χ2v) is 8.82. The summed E-state index contributed by atoms with van der Waals surface area (Å²) in [5.74, 6) is 0. The Morgan fingerprint density at radius 1 is 0.750 bits per heavy atom. The van der Waals surface area contributed by atoms with Gasteiger partial charge in [-0.25, -0.2) is 0 Å². The molecular formula is C26H17NS. The molecule has 1 aliphatic rings. The van der Waals surface area contributed by atoms with Crippen molar-refractivity contribution in [2.75, 3.05) is 0 Å². The fourth-order valence-corrected chi connectivity index (χ4v) is 6.38. The molecule has 4 aromatic carbocycles. The Balaban J connectivity index is 1.87. The zero-order valence-electron chi connectivity index (χ0n) is 15.3. The van der Waals surface area contributed by atoms with Gasteiger partial charge in [0.05, 0.1) is 5.52 Å². The van der Waals surface area contributed by atoms with E-state index in [1.54, 1.807) is 0 Å². The first-order chi connectivity index (χ1) is 13.9. The van der Waals surface area contributed by atoms with Gasteiger partial charge in [-0.1, -0.05) is 66.7 Å². The van der Waals surface area contributed by atoms with Gasteiger partial charge in [0.15, 0.2) is 0 Å². The number of H-pyrrole nitrogens is 1. The van der Waals surface area contributed by atoms with E-state index in [1.165, 1.54) is 63.9 Å². The van der Waals surface area contributed by atoms with Gasteiger partial charge in [0.2, 0.25) is 0 Å². The van der Waals surface area contributed by atoms with Crippen molar-refractivity contribution in [3.63, 3.8) is 0 Å². The first-order valence-corrected chi connectivity index (χ1v) is 10.7. The Hall–Kier alpha value is -3.10. The number of hydrogen-bond acceptors (Lipinski definition) is 1. The molecule has 2 heteroatoms. The molecule has 0 fully saturated rings. The number of aromatic amines is 1. The average molecular weight is 375 g/mol. The lowest BCUT2D eigenvalue weighted by molar-refractivity contribution is 1.02. The van der Waals surface area contributed by atoms with Gasteiger partial charge in [-0.2, -0.15) is 0 Å². The Bertz CT molecular complexity index is 1610. The summed E-state index contributed by atoms with van der Waals surface area (Å²) in [4.78, 5) is 5.34. The zero-order chi connectivity index (χ0) is 18.2. The minimum absolute atomic E-state index is 1.15. The molecule has 2 heterocycles. The maximum Gasteiger partial charge on any atom is 0.0566 e. The van der Waals surface area contributed by atoms with Crippen LogP contribution in [-0.2, 0) is 6.42 Å². The summed E-state index contributed by atoms with van der Waals surface area (Å²) in [5.41, 5.74) is 3.95. The molecule has 1 aliphatic carbocycles. The fraction of sp³-hybridized carbons (Fsp3) is 0.0769. The van der Waals surface area contributed by atoms with Gasteiger partial charge in [-0.3, -0.25) is 0 Å². The number of aryl methyl sites for hydroxylation is 1. The molecule has 1 nitrogen and oxygen atoms in total. The van der Waals surface area contributed by atoms with E-state index in [1.807, 2.05) is 11.3 Å². The summed E-state index contributed by atoms with van der Waals surface area (Å²) in [5, 5.41) is 9.50. The third-order valence-corrected chi connectivity index (χ3v) is 7.52. The van der Waals surface area contributed by atoms with E-state index >= 15 is 0 Å². The fourth-order valence-electron chi connectivity index (χ4n) is 5.03. The highest BCUT2D eigenvalue weighted by atomic mass is 32.1. The Morgan fingerprint density at radius 3 is 2.50 bits per heavy atom. The molecule has 0 unspecified atom stereocenters. The molecule has 0 saturated carbocycles. The first-order valence-electron chi connectivity index (χ1n) is 9.86. The first kappa shape index (κ1) is 14.9. The van der Waals surface area contributed by atoms with Crippen molar-refractivity contribution in [3.05, 3.63) is 77.2 Å². The van der Waals surface area contributed by atoms with E-state index < -0.39 is 0 Å². The summed E-state index contributed by atoms with van der Waals surface area (Å²) in [6.45, 7) is 0. The van der Waals surface area contributed by atoms with Crippen LogP contribution in [-0.4, -0.2) is 4.98 Å². The van der Waals surface area contributed by atoms with Crippen LogP contribution in [0, 0.1) is 0 Å². The number of rotatable bonds is 0. The lowest BCUT2D eigenvalue weighted by Gasteiger charge is -2.07. The number of fused-ring (bicyclic) bond motifs is 12. The second-order valence-electron chi connectivity index (χ2n) is 7.71. The van der Waals surface area contributed by atoms with Crippen LogP contribution in [0.5, 0.6) is 0 Å². The Morgan fingerprint density at radius 2 is 1.57 bits per heavy atom. The van der Waals surface area contributed by atoms with Gasteiger partial charge in [-0.15, -0.1) is 11.3 Å². The minimum Gasteiger partial charge on any atom is -0.354 e. The van der Waals surface area contributed by atoms with Gasteiger partial charge in [0.1, 0.15) is 0 Å². The van der Waals surface area contributed by atoms with Crippen LogP contribution >= 0.6 is 11.3 Å². The van der Waals surface area contributed by atoms with Crippen molar-refractivity contribution in [1.82, 2.24) is 4.98 Å². The standard InChI is InChI=1S/C26H17NS/c1-2-8-16-15(7-1)13-14-20-22(16)23-17-9-3-4-10-18(17)26-24(25(23)27-20)19-11-5-6-12-21(19)28-26/h1-5,7-11,13-14,27H,6,12H2. The van der Waals surface area contributed by atoms with E-state index in [4.69, 9.17) is 0 Å². The molecule has 0 aliphatic heterocycles. The summed E-state index contributed by atoms with van der Waals surface area (Å²) in [6, 6.07) is 22.2. The predicted molar refractivity (Wildman–Crippen MR) is 124 cm³/mol. The molecular weight excluding hydrogens is 358 g/mol. The zero-order valence-corrected chi connectivity index (χ0v) is 16.1. The highest BCUT2D eigenvalue weighted by molar-refractivity contribution is 7.20. The minimum atomic E-state index is 1.15. The number of allylic oxidation sites excluding steroid dienone is 1. The van der Waals surface area contributed by atoms with Crippen molar-refractivity contribution in [1.29, 1.82) is 0 Å². The molecule has 2 aromatic heterocycles. The van der Waals surface area contributed by atoms with Crippen LogP contribution in [0.15, 0.2) is 66.7 Å². The van der Waals surface area contributed by atoms with Crippen LogP contribution in [0.1, 0.15) is 16.9 Å². The molecule has 0 radical (unpaired) electrons. The van der Waals surface area contributed by atoms with Gasteiger partial charge < -0.3 is 4.98 Å². The van der Waals surface area contributed by atoms with E-state index in [2.05, 4.69) is 77.8 Å². The quantitative estimate of drug-likeness (QED) is 0.279. The molecule has 0 saturated heterocycles. The maximum absolute atomic E-state index is 3.81. The summed E-state index contributed by atoms with van der Waals surface area (Å²) >= 11 is 1.99. The second kappa shape index (κ2) is 5.24. The maximum atomic E-state index is 3.81. The molecule has 6 aromatic rings. The van der Waals surface area contributed by atoms with E-state index in [0.29, 0.717) is 0 Å². The summed E-state index contributed by atoms with van der Waals surface area (Å²) < 4.78 is 1.43. The normalized spacial score (nSPS) is 14.0. The monoisotopic (exact) mass is 375 g/mol. The number of hydrogen-bond donors (Lipinski definition) is 1. The van der Waals surface area contributed by atoms with Gasteiger partial charge in [0, 0.05) is 36.6 Å². The van der Waals surface area contributed by atoms with Gasteiger partial charge in [0.25, 0.3) is 0 Å². The Labute approximate surface area is 165 Å². The van der Waals surface area contributed by atoms with Crippen molar-refractivity contribution >= 4 is 70.8 Å². The molecule has 7 rings (SSSR count). The Kier molecular flexibility index (Phi) is 2.79. The summed E-state index contributed by atoms with van der Waals surface area (Å²) in [6.07, 6.45) is 6.98. The van der Waals surface area contributed by atoms with Crippen LogP contribution in [0.3, 0.4) is 0 Å². The molecule has 0 spiro atoms. The van der Waals surface area contributed by atoms with Crippen molar-refractivity contribution in [2.45, 2.75) is 12.8 Å². The van der Waals surface area contributed by atoms with Crippen molar-refractivity contribution in [3.8, 4) is 0 Å². The van der Waals surface area contributed by atoms with Crippen molar-refractivity contribution in [2.24, 2.45) is 0 Å². The van der Waals surface area contributed by atoms with Crippen LogP contribution in [0.4, 0.5) is 0 Å². The number of aromatic nitrogens is 1. The highest BCUT2D eigenvalue weighted by Gasteiger charge is 2.21. The number of nitrogens with one attached hydrogen (secondary N) is 1. The van der Waals surface area contributed by atoms with E-state index in [9.17, 15) is 0 Å². The molecule has 0 bridgehead atoms. The molecule has 0 amide bonds. The van der Waals surface area contributed by atoms with Gasteiger partial charge >= 0.3 is 0 Å². The van der Waals surface area contributed by atoms with Gasteiger partial charge in [-0.05, 0) is 40.6 Å². The van der Waals surface area contributed by atoms with Crippen molar-refractivity contribution < 1.29 is 0 Å². The molecule has 132 valence electrons. The SMILES string of the molecule is C1=Cc2c(sc3c4ccccc4c4c([nH]c5ccc6ccccc6c54)c23)CC1. The summed E-state index contributed by atoms with van der Waals surface area (Å²) in [7, 11) is 0. The van der Waals surface area contributed by atoms with Crippen LogP contribution in [0.25, 0.3) is 59.5 Å². The van der Waals surface area contributed by atoms with E-state index in [-0.39, 0.29) is 0 Å². The topological polar surface area (TPSA) is 15.8 Å². The number of thiophene rings is 1. The third kappa shape index (κ3) is 1.76. The largest absolute Gasteiger partial charge is 0.354 e. The predicted octanol–water partition coefficient (Wildman–Crippen LogP) is 7.80. The average Bonchev–Trinajstić information content (AvgIpc) is 3.33. The number of benzene rings is 4. The van der Waals surface area contributed by atoms with Crippen LogP contribution in [0.2, 0.25) is 0 Å². The molecule has 1 N–H and O–H groups in total. The third-order valence-electron chi connectivity index (χ3n) is 6.22. The van der Waals surface area contributed by atoms with E-state index in [0.717, 1.165) is 12.8 Å². The lowest BCUT2D eigenvalue weighted by Crippen LogP contribution is -1.87. The smallest absolute Gasteiger partial charge is 0.0566 e.